The second kappa shape index (κ2) is 4.01. The van der Waals surface area contributed by atoms with Crippen LogP contribution in [0.5, 0.6) is 0 Å². The maximum absolute atomic E-state index is 10.7. The molecule has 66 valence electrons. The van der Waals surface area contributed by atoms with Crippen molar-refractivity contribution in [1.29, 1.82) is 0 Å². The minimum Gasteiger partial charge on any atom is -0.469 e. The van der Waals surface area contributed by atoms with Crippen LogP contribution in [0.4, 0.5) is 5.13 Å². The smallest absolute Gasteiger partial charge is 0.305 e. The van der Waals surface area contributed by atoms with Crippen LogP contribution in [-0.2, 0) is 16.0 Å². The summed E-state index contributed by atoms with van der Waals surface area (Å²) >= 11 is 1.13. The number of carbonyl (C=O) groups excluding carboxylic acids is 1. The minimum absolute atomic E-state index is 0.261. The van der Waals surface area contributed by atoms with Crippen molar-refractivity contribution in [2.75, 3.05) is 12.8 Å². The van der Waals surface area contributed by atoms with Crippen LogP contribution in [0.15, 0.2) is 0 Å². The lowest BCUT2D eigenvalue weighted by Gasteiger charge is -1.94. The molecule has 0 saturated carbocycles. The molecule has 1 heterocycles. The summed E-state index contributed by atoms with van der Waals surface area (Å²) in [5.74, 6) is 0.339. The van der Waals surface area contributed by atoms with E-state index < -0.39 is 0 Å². The van der Waals surface area contributed by atoms with Crippen LogP contribution in [0.1, 0.15) is 12.2 Å². The highest BCUT2D eigenvalue weighted by Crippen LogP contribution is 2.07. The van der Waals surface area contributed by atoms with Crippen molar-refractivity contribution in [3.8, 4) is 0 Å². The monoisotopic (exact) mass is 187 g/mol. The fourth-order valence-corrected chi connectivity index (χ4v) is 1.16. The summed E-state index contributed by atoms with van der Waals surface area (Å²) in [6.45, 7) is 0. The number of anilines is 1. The molecule has 6 heteroatoms. The Kier molecular flexibility index (Phi) is 2.98. The average Bonchev–Trinajstić information content (AvgIpc) is 2.47. The van der Waals surface area contributed by atoms with Gasteiger partial charge in [-0.15, -0.1) is 0 Å². The van der Waals surface area contributed by atoms with Gasteiger partial charge in [0.05, 0.1) is 13.5 Å². The highest BCUT2D eigenvalue weighted by atomic mass is 32.1. The van der Waals surface area contributed by atoms with E-state index in [-0.39, 0.29) is 5.97 Å². The van der Waals surface area contributed by atoms with E-state index in [2.05, 4.69) is 14.1 Å². The predicted octanol–water partition coefficient (Wildman–Crippen LogP) is 0.226. The SMILES string of the molecule is COC(=O)CCc1nsc(N)n1. The Balaban J connectivity index is 2.38. The molecule has 1 aromatic heterocycles. The molecule has 0 unspecified atom stereocenters. The zero-order valence-corrected chi connectivity index (χ0v) is 7.43. The largest absolute Gasteiger partial charge is 0.469 e. The van der Waals surface area contributed by atoms with Gasteiger partial charge in [-0.3, -0.25) is 4.79 Å². The molecule has 0 atom stereocenters. The Morgan fingerprint density at radius 3 is 3.00 bits per heavy atom. The number of nitrogens with zero attached hydrogens (tertiary/aromatic N) is 2. The number of aromatic nitrogens is 2. The van der Waals surface area contributed by atoms with Crippen LogP contribution in [0.2, 0.25) is 0 Å². The topological polar surface area (TPSA) is 78.1 Å². The van der Waals surface area contributed by atoms with E-state index in [9.17, 15) is 4.79 Å². The van der Waals surface area contributed by atoms with E-state index in [1.807, 2.05) is 0 Å². The number of hydrogen-bond acceptors (Lipinski definition) is 6. The van der Waals surface area contributed by atoms with Gasteiger partial charge >= 0.3 is 5.97 Å². The van der Waals surface area contributed by atoms with Crippen molar-refractivity contribution >= 4 is 22.6 Å². The van der Waals surface area contributed by atoms with Crippen molar-refractivity contribution in [2.45, 2.75) is 12.8 Å². The minimum atomic E-state index is -0.261. The van der Waals surface area contributed by atoms with Crippen molar-refractivity contribution in [3.63, 3.8) is 0 Å². The maximum atomic E-state index is 10.7. The molecule has 1 rings (SSSR count). The molecule has 0 bridgehead atoms. The fraction of sp³-hybridized carbons (Fsp3) is 0.500. The number of ether oxygens (including phenoxy) is 1. The van der Waals surface area contributed by atoms with E-state index in [0.717, 1.165) is 11.5 Å². The van der Waals surface area contributed by atoms with Crippen molar-refractivity contribution < 1.29 is 9.53 Å². The van der Waals surface area contributed by atoms with Gasteiger partial charge in [0.15, 0.2) is 5.13 Å². The lowest BCUT2D eigenvalue weighted by Crippen LogP contribution is -2.02. The highest BCUT2D eigenvalue weighted by Gasteiger charge is 2.04. The lowest BCUT2D eigenvalue weighted by atomic mass is 10.3. The van der Waals surface area contributed by atoms with Gasteiger partial charge in [0.1, 0.15) is 5.82 Å². The van der Waals surface area contributed by atoms with Gasteiger partial charge < -0.3 is 10.5 Å². The summed E-state index contributed by atoms with van der Waals surface area (Å²) in [5, 5.41) is 0.426. The summed E-state index contributed by atoms with van der Waals surface area (Å²) in [5.41, 5.74) is 5.35. The molecule has 0 aliphatic carbocycles. The zero-order valence-electron chi connectivity index (χ0n) is 6.61. The zero-order chi connectivity index (χ0) is 8.97. The Bertz CT molecular complexity index is 274. The van der Waals surface area contributed by atoms with E-state index >= 15 is 0 Å². The molecule has 5 nitrogen and oxygen atoms in total. The Labute approximate surface area is 73.7 Å². The van der Waals surface area contributed by atoms with E-state index in [1.54, 1.807) is 0 Å². The van der Waals surface area contributed by atoms with Crippen molar-refractivity contribution in [3.05, 3.63) is 5.82 Å². The number of methoxy groups -OCH3 is 1. The van der Waals surface area contributed by atoms with Crippen molar-refractivity contribution in [2.24, 2.45) is 0 Å². The molecule has 0 radical (unpaired) electrons. The number of nitrogen functional groups attached to an aromatic ring is 1. The van der Waals surface area contributed by atoms with Gasteiger partial charge in [0.25, 0.3) is 0 Å². The van der Waals surface area contributed by atoms with E-state index in [0.29, 0.717) is 23.8 Å². The highest BCUT2D eigenvalue weighted by molar-refractivity contribution is 7.09. The van der Waals surface area contributed by atoms with Crippen LogP contribution in [-0.4, -0.2) is 22.4 Å². The predicted molar refractivity (Wildman–Crippen MR) is 44.7 cm³/mol. The molecule has 0 saturated heterocycles. The third-order valence-electron chi connectivity index (χ3n) is 1.26. The summed E-state index contributed by atoms with van der Waals surface area (Å²) in [7, 11) is 1.35. The van der Waals surface area contributed by atoms with Gasteiger partial charge in [-0.25, -0.2) is 4.98 Å². The first-order valence-corrected chi connectivity index (χ1v) is 4.14. The number of carbonyl (C=O) groups is 1. The first-order chi connectivity index (χ1) is 5.72. The van der Waals surface area contributed by atoms with Crippen LogP contribution in [0, 0.1) is 0 Å². The molecular formula is C6H9N3O2S. The molecule has 0 aliphatic rings. The number of esters is 1. The van der Waals surface area contributed by atoms with Crippen LogP contribution < -0.4 is 5.73 Å². The lowest BCUT2D eigenvalue weighted by molar-refractivity contribution is -0.140. The summed E-state index contributed by atoms with van der Waals surface area (Å²) in [6, 6.07) is 0. The normalized spacial score (nSPS) is 9.75. The summed E-state index contributed by atoms with van der Waals surface area (Å²) in [6.07, 6.45) is 0.785. The first-order valence-electron chi connectivity index (χ1n) is 3.37. The Morgan fingerprint density at radius 1 is 1.75 bits per heavy atom. The number of rotatable bonds is 3. The maximum Gasteiger partial charge on any atom is 0.305 e. The van der Waals surface area contributed by atoms with Crippen LogP contribution >= 0.6 is 11.5 Å². The molecule has 0 aromatic carbocycles. The van der Waals surface area contributed by atoms with E-state index in [4.69, 9.17) is 5.73 Å². The molecule has 0 fully saturated rings. The molecule has 12 heavy (non-hydrogen) atoms. The standard InChI is InChI=1S/C6H9N3O2S/c1-11-5(10)3-2-4-8-6(7)12-9-4/h2-3H2,1H3,(H2,7,8,9). The molecule has 2 N–H and O–H groups in total. The third kappa shape index (κ3) is 2.46. The second-order valence-corrected chi connectivity index (χ2v) is 2.91. The fourth-order valence-electron chi connectivity index (χ4n) is 0.685. The van der Waals surface area contributed by atoms with Gasteiger partial charge in [-0.05, 0) is 0 Å². The molecule has 0 spiro atoms. The van der Waals surface area contributed by atoms with Gasteiger partial charge in [-0.1, -0.05) is 0 Å². The summed E-state index contributed by atoms with van der Waals surface area (Å²) < 4.78 is 8.38. The number of hydrogen-bond donors (Lipinski definition) is 1. The quantitative estimate of drug-likeness (QED) is 0.685. The Morgan fingerprint density at radius 2 is 2.50 bits per heavy atom. The molecule has 1 aromatic rings. The Hall–Kier alpha value is -1.17. The number of nitrogens with two attached hydrogens (primary N) is 1. The van der Waals surface area contributed by atoms with Crippen LogP contribution in [0.3, 0.4) is 0 Å². The van der Waals surface area contributed by atoms with Gasteiger partial charge in [0.2, 0.25) is 0 Å². The van der Waals surface area contributed by atoms with Gasteiger partial charge in [-0.2, -0.15) is 4.37 Å². The van der Waals surface area contributed by atoms with E-state index in [1.165, 1.54) is 7.11 Å². The van der Waals surface area contributed by atoms with Gasteiger partial charge in [0, 0.05) is 18.0 Å². The first kappa shape index (κ1) is 8.92. The van der Waals surface area contributed by atoms with Crippen LogP contribution in [0.25, 0.3) is 0 Å². The third-order valence-corrected chi connectivity index (χ3v) is 1.84. The number of aryl methyl sites for hydroxylation is 1. The molecule has 0 aliphatic heterocycles. The molecule has 0 amide bonds. The second-order valence-electron chi connectivity index (χ2n) is 2.12. The molecular weight excluding hydrogens is 178 g/mol. The average molecular weight is 187 g/mol. The van der Waals surface area contributed by atoms with Crippen molar-refractivity contribution in [1.82, 2.24) is 9.36 Å². The summed E-state index contributed by atoms with van der Waals surface area (Å²) in [4.78, 5) is 14.6.